The van der Waals surface area contributed by atoms with Gasteiger partial charge < -0.3 is 14.8 Å². The second-order valence-electron chi connectivity index (χ2n) is 5.91. The van der Waals surface area contributed by atoms with Gasteiger partial charge in [-0.3, -0.25) is 4.90 Å². The standard InChI is InChI=1S/C14H26N2O2/c1-15-12-5-6-14(17-9-10-18-14)11-13(12)16-7-3-2-4-8-16/h12-13,15H,2-11H2,1H3/t12-,13-/m0/s1. The number of rotatable bonds is 2. The first-order valence-electron chi connectivity index (χ1n) is 7.52. The molecule has 0 radical (unpaired) electrons. The Balaban J connectivity index is 1.70. The van der Waals surface area contributed by atoms with E-state index in [0.29, 0.717) is 12.1 Å². The zero-order valence-corrected chi connectivity index (χ0v) is 11.5. The molecule has 0 aromatic heterocycles. The van der Waals surface area contributed by atoms with Gasteiger partial charge in [-0.05, 0) is 39.4 Å². The van der Waals surface area contributed by atoms with E-state index in [1.165, 1.54) is 32.4 Å². The number of likely N-dealkylation sites (tertiary alicyclic amines) is 1. The maximum absolute atomic E-state index is 5.92. The molecule has 0 aromatic carbocycles. The molecule has 2 aliphatic heterocycles. The van der Waals surface area contributed by atoms with Gasteiger partial charge in [0.15, 0.2) is 5.79 Å². The minimum Gasteiger partial charge on any atom is -0.347 e. The van der Waals surface area contributed by atoms with Gasteiger partial charge in [-0.15, -0.1) is 0 Å². The smallest absolute Gasteiger partial charge is 0.170 e. The summed E-state index contributed by atoms with van der Waals surface area (Å²) in [5.74, 6) is -0.255. The van der Waals surface area contributed by atoms with Crippen LogP contribution in [0.2, 0.25) is 0 Å². The summed E-state index contributed by atoms with van der Waals surface area (Å²) in [6.45, 7) is 4.05. The van der Waals surface area contributed by atoms with Gasteiger partial charge in [-0.25, -0.2) is 0 Å². The third-order valence-electron chi connectivity index (χ3n) is 4.86. The molecule has 4 nitrogen and oxygen atoms in total. The number of ether oxygens (including phenoxy) is 2. The fourth-order valence-electron chi connectivity index (χ4n) is 3.86. The molecule has 0 aromatic rings. The van der Waals surface area contributed by atoms with Gasteiger partial charge in [0.2, 0.25) is 0 Å². The molecule has 2 heterocycles. The summed E-state index contributed by atoms with van der Waals surface area (Å²) in [7, 11) is 2.09. The third kappa shape index (κ3) is 2.44. The summed E-state index contributed by atoms with van der Waals surface area (Å²) < 4.78 is 11.8. The SMILES string of the molecule is CN[C@H]1CCC2(C[C@@H]1N1CCCCC1)OCCO2. The minimum absolute atomic E-state index is 0.255. The second kappa shape index (κ2) is 5.45. The predicted molar refractivity (Wildman–Crippen MR) is 70.5 cm³/mol. The third-order valence-corrected chi connectivity index (χ3v) is 4.86. The zero-order valence-electron chi connectivity index (χ0n) is 11.5. The molecule has 1 spiro atoms. The van der Waals surface area contributed by atoms with Crippen LogP contribution in [0.4, 0.5) is 0 Å². The fraction of sp³-hybridized carbons (Fsp3) is 1.00. The lowest BCUT2D eigenvalue weighted by Gasteiger charge is -2.47. The van der Waals surface area contributed by atoms with Crippen LogP contribution in [0.5, 0.6) is 0 Å². The molecule has 1 aliphatic carbocycles. The summed E-state index contributed by atoms with van der Waals surface area (Å²) in [4.78, 5) is 2.66. The van der Waals surface area contributed by atoms with Crippen LogP contribution in [0.15, 0.2) is 0 Å². The molecule has 4 heteroatoms. The van der Waals surface area contributed by atoms with Crippen molar-refractivity contribution in [2.75, 3.05) is 33.4 Å². The van der Waals surface area contributed by atoms with Crippen LogP contribution in [0.25, 0.3) is 0 Å². The maximum atomic E-state index is 5.92. The normalized spacial score (nSPS) is 37.2. The molecule has 1 saturated carbocycles. The fourth-order valence-corrected chi connectivity index (χ4v) is 3.86. The van der Waals surface area contributed by atoms with Crippen LogP contribution in [-0.4, -0.2) is 56.1 Å². The Labute approximate surface area is 110 Å². The Morgan fingerprint density at radius 1 is 1.11 bits per heavy atom. The predicted octanol–water partition coefficient (Wildman–Crippen LogP) is 1.36. The first-order valence-corrected chi connectivity index (χ1v) is 7.52. The first-order chi connectivity index (χ1) is 8.83. The summed E-state index contributed by atoms with van der Waals surface area (Å²) >= 11 is 0. The van der Waals surface area contributed by atoms with Gasteiger partial charge in [0, 0.05) is 24.9 Å². The van der Waals surface area contributed by atoms with Gasteiger partial charge in [-0.1, -0.05) is 6.42 Å². The molecular weight excluding hydrogens is 228 g/mol. The van der Waals surface area contributed by atoms with Crippen LogP contribution in [0, 0.1) is 0 Å². The van der Waals surface area contributed by atoms with Crippen LogP contribution in [0.3, 0.4) is 0 Å². The van der Waals surface area contributed by atoms with Gasteiger partial charge in [0.25, 0.3) is 0 Å². The Hall–Kier alpha value is -0.160. The Morgan fingerprint density at radius 2 is 1.83 bits per heavy atom. The summed E-state index contributed by atoms with van der Waals surface area (Å²) in [5.41, 5.74) is 0. The molecule has 3 rings (SSSR count). The van der Waals surface area contributed by atoms with Crippen molar-refractivity contribution in [1.82, 2.24) is 10.2 Å². The van der Waals surface area contributed by atoms with Crippen molar-refractivity contribution in [1.29, 1.82) is 0 Å². The molecule has 18 heavy (non-hydrogen) atoms. The van der Waals surface area contributed by atoms with Crippen molar-refractivity contribution in [3.8, 4) is 0 Å². The lowest BCUT2D eigenvalue weighted by molar-refractivity contribution is -0.193. The van der Waals surface area contributed by atoms with Crippen molar-refractivity contribution in [3.63, 3.8) is 0 Å². The van der Waals surface area contributed by atoms with E-state index in [1.54, 1.807) is 0 Å². The van der Waals surface area contributed by atoms with Gasteiger partial charge in [0.05, 0.1) is 13.2 Å². The van der Waals surface area contributed by atoms with Crippen molar-refractivity contribution in [2.24, 2.45) is 0 Å². The van der Waals surface area contributed by atoms with E-state index in [9.17, 15) is 0 Å². The molecule has 1 N–H and O–H groups in total. The summed E-state index contributed by atoms with van der Waals surface area (Å²) in [6, 6.07) is 1.18. The topological polar surface area (TPSA) is 33.7 Å². The van der Waals surface area contributed by atoms with Crippen LogP contribution < -0.4 is 5.32 Å². The highest BCUT2D eigenvalue weighted by molar-refractivity contribution is 4.96. The Morgan fingerprint density at radius 3 is 2.50 bits per heavy atom. The largest absolute Gasteiger partial charge is 0.347 e. The second-order valence-corrected chi connectivity index (χ2v) is 5.91. The number of nitrogens with zero attached hydrogens (tertiary/aromatic N) is 1. The lowest BCUT2D eigenvalue weighted by Crippen LogP contribution is -2.58. The maximum Gasteiger partial charge on any atom is 0.170 e. The van der Waals surface area contributed by atoms with Crippen molar-refractivity contribution >= 4 is 0 Å². The van der Waals surface area contributed by atoms with Crippen molar-refractivity contribution in [2.45, 2.75) is 56.4 Å². The van der Waals surface area contributed by atoms with E-state index in [0.717, 1.165) is 32.5 Å². The molecule has 3 fully saturated rings. The number of piperidine rings is 1. The highest BCUT2D eigenvalue weighted by Crippen LogP contribution is 2.38. The van der Waals surface area contributed by atoms with E-state index in [-0.39, 0.29) is 5.79 Å². The van der Waals surface area contributed by atoms with Crippen LogP contribution in [0.1, 0.15) is 38.5 Å². The zero-order chi connectivity index (χ0) is 12.4. The minimum atomic E-state index is -0.255. The van der Waals surface area contributed by atoms with Gasteiger partial charge in [0.1, 0.15) is 0 Å². The van der Waals surface area contributed by atoms with E-state index in [4.69, 9.17) is 9.47 Å². The van der Waals surface area contributed by atoms with E-state index in [1.807, 2.05) is 0 Å². The monoisotopic (exact) mass is 254 g/mol. The Kier molecular flexibility index (Phi) is 3.89. The molecule has 2 saturated heterocycles. The van der Waals surface area contributed by atoms with E-state index >= 15 is 0 Å². The lowest BCUT2D eigenvalue weighted by atomic mass is 9.84. The highest BCUT2D eigenvalue weighted by atomic mass is 16.7. The number of hydrogen-bond acceptors (Lipinski definition) is 4. The summed E-state index contributed by atoms with van der Waals surface area (Å²) in [5, 5.41) is 3.50. The summed E-state index contributed by atoms with van der Waals surface area (Å²) in [6.07, 6.45) is 7.34. The molecule has 2 atom stereocenters. The van der Waals surface area contributed by atoms with Crippen LogP contribution in [-0.2, 0) is 9.47 Å². The molecule has 0 bridgehead atoms. The molecule has 0 amide bonds. The molecular formula is C14H26N2O2. The van der Waals surface area contributed by atoms with E-state index < -0.39 is 0 Å². The Bertz CT molecular complexity index is 273. The average Bonchev–Trinajstić information content (AvgIpc) is 2.88. The number of hydrogen-bond donors (Lipinski definition) is 1. The van der Waals surface area contributed by atoms with Crippen molar-refractivity contribution in [3.05, 3.63) is 0 Å². The highest BCUT2D eigenvalue weighted by Gasteiger charge is 2.46. The van der Waals surface area contributed by atoms with Gasteiger partial charge in [-0.2, -0.15) is 0 Å². The molecule has 104 valence electrons. The molecule has 3 aliphatic rings. The molecule has 0 unspecified atom stereocenters. The van der Waals surface area contributed by atoms with Crippen molar-refractivity contribution < 1.29 is 9.47 Å². The van der Waals surface area contributed by atoms with Gasteiger partial charge >= 0.3 is 0 Å². The quantitative estimate of drug-likeness (QED) is 0.806. The average molecular weight is 254 g/mol. The van der Waals surface area contributed by atoms with E-state index in [2.05, 4.69) is 17.3 Å². The van der Waals surface area contributed by atoms with Crippen LogP contribution >= 0.6 is 0 Å². The number of nitrogens with one attached hydrogen (secondary N) is 1. The number of likely N-dealkylation sites (N-methyl/N-ethyl adjacent to an activating group) is 1. The first kappa shape index (κ1) is 12.9.